The van der Waals surface area contributed by atoms with Crippen molar-refractivity contribution >= 4 is 11.6 Å². The van der Waals surface area contributed by atoms with E-state index in [4.69, 9.17) is 42.5 Å². The normalized spacial score (nSPS) is 14.0. The first-order valence-electron chi connectivity index (χ1n) is 35.2. The molecule has 7 nitrogen and oxygen atoms in total. The van der Waals surface area contributed by atoms with Crippen molar-refractivity contribution in [1.29, 1.82) is 0 Å². The van der Waals surface area contributed by atoms with E-state index in [1.165, 1.54) is 67.5 Å². The van der Waals surface area contributed by atoms with Crippen molar-refractivity contribution < 1.29 is 70.4 Å². The molecule has 0 unspecified atom stereocenters. The average Bonchev–Trinajstić information content (AvgIpc) is 1.83. The second-order valence-electron chi connectivity index (χ2n) is 29.1. The maximum Gasteiger partial charge on any atom is 0.399 e. The van der Waals surface area contributed by atoms with Gasteiger partial charge in [0.05, 0.1) is 42.6 Å². The van der Waals surface area contributed by atoms with Crippen LogP contribution in [0.15, 0.2) is 117 Å². The Morgan fingerprint density at radius 3 is 0.835 bits per heavy atom. The maximum absolute atomic E-state index is 12.8. The molecule has 0 aliphatic rings. The van der Waals surface area contributed by atoms with E-state index in [0.717, 1.165) is 65.4 Å². The summed E-state index contributed by atoms with van der Waals surface area (Å²) < 4.78 is 151. The van der Waals surface area contributed by atoms with Crippen molar-refractivity contribution in [2.24, 2.45) is 47.3 Å². The van der Waals surface area contributed by atoms with Gasteiger partial charge in [-0.15, -0.1) is 0 Å². The van der Waals surface area contributed by atoms with Gasteiger partial charge in [0.2, 0.25) is 0 Å². The predicted octanol–water partition coefficient (Wildman–Crippen LogP) is 29.3. The van der Waals surface area contributed by atoms with Crippen LogP contribution in [0.25, 0.3) is 0 Å². The predicted molar refractivity (Wildman–Crippen MR) is 379 cm³/mol. The molecular formula is C80H122ClF9O7. The van der Waals surface area contributed by atoms with Gasteiger partial charge in [-0.3, -0.25) is 0 Å². The molecule has 0 bridgehead atoms. The van der Waals surface area contributed by atoms with Gasteiger partial charge < -0.3 is 30.9 Å². The number of hydrogen-bond acceptors (Lipinski definition) is 7. The third kappa shape index (κ3) is 30.2. The number of rotatable bonds is 22. The van der Waals surface area contributed by atoms with Gasteiger partial charge in [0.25, 0.3) is 0 Å². The third-order valence-corrected chi connectivity index (χ3v) is 17.6. The van der Waals surface area contributed by atoms with Crippen LogP contribution in [0.1, 0.15) is 319 Å². The molecular weight excluding hydrogens is 1280 g/mol. The minimum absolute atomic E-state index is 0.00463. The van der Waals surface area contributed by atoms with Crippen molar-refractivity contribution in [3.63, 3.8) is 0 Å². The molecule has 0 aromatic carbocycles. The molecule has 0 fully saturated rings. The Labute approximate surface area is 582 Å². The minimum atomic E-state index is -4.25. The lowest BCUT2D eigenvalue weighted by atomic mass is 9.83. The third-order valence-electron chi connectivity index (χ3n) is 17.4. The van der Waals surface area contributed by atoms with E-state index in [-0.39, 0.29) is 23.2 Å². The second-order valence-corrected chi connectivity index (χ2v) is 29.5. The average molecular weight is 1400 g/mol. The van der Waals surface area contributed by atoms with Crippen LogP contribution in [0.2, 0.25) is 5.02 Å². The highest BCUT2D eigenvalue weighted by Gasteiger charge is 2.47. The molecule has 0 aliphatic heterocycles. The van der Waals surface area contributed by atoms with Crippen LogP contribution < -0.4 is 0 Å². The Morgan fingerprint density at radius 2 is 0.577 bits per heavy atom. The van der Waals surface area contributed by atoms with Gasteiger partial charge in [-0.1, -0.05) is 185 Å². The quantitative estimate of drug-likeness (QED) is 0.0624. The number of furan rings is 7. The molecule has 7 heterocycles. The summed E-state index contributed by atoms with van der Waals surface area (Å²) >= 11 is 5.77. The van der Waals surface area contributed by atoms with Crippen molar-refractivity contribution in [2.75, 3.05) is 0 Å². The van der Waals surface area contributed by atoms with Crippen LogP contribution in [0.3, 0.4) is 0 Å². The molecule has 0 aliphatic carbocycles. The summed E-state index contributed by atoms with van der Waals surface area (Å²) in [6.07, 6.45) is 3.84. The first-order valence-corrected chi connectivity index (χ1v) is 35.6. The van der Waals surface area contributed by atoms with Crippen molar-refractivity contribution in [3.8, 4) is 0 Å². The summed E-state index contributed by atoms with van der Waals surface area (Å²) in [5.41, 5.74) is 6.19. The molecule has 7 rings (SSSR count). The molecule has 97 heavy (non-hydrogen) atoms. The first-order chi connectivity index (χ1) is 44.8. The summed E-state index contributed by atoms with van der Waals surface area (Å²) in [7, 11) is 0. The lowest BCUT2D eigenvalue weighted by Crippen LogP contribution is -2.25. The van der Waals surface area contributed by atoms with E-state index >= 15 is 0 Å². The van der Waals surface area contributed by atoms with Crippen LogP contribution in [-0.4, -0.2) is 18.5 Å². The molecule has 7 aromatic heterocycles. The largest absolute Gasteiger partial charge is 0.469 e. The Bertz CT molecular complexity index is 3130. The molecule has 0 amide bonds. The zero-order chi connectivity index (χ0) is 74.8. The second kappa shape index (κ2) is 42.0. The maximum atomic E-state index is 12.8. The summed E-state index contributed by atoms with van der Waals surface area (Å²) in [6, 6.07) is 13.0. The van der Waals surface area contributed by atoms with Crippen LogP contribution in [-0.2, 0) is 12.8 Å². The van der Waals surface area contributed by atoms with E-state index in [1.54, 1.807) is 40.9 Å². The van der Waals surface area contributed by atoms with Crippen molar-refractivity contribution in [2.45, 2.75) is 291 Å². The zero-order valence-electron chi connectivity index (χ0n) is 63.6. The Balaban J connectivity index is 0.000000567. The summed E-state index contributed by atoms with van der Waals surface area (Å²) in [5, 5.41) is 0.698. The number of hydrogen-bond donors (Lipinski definition) is 0. The lowest BCUT2D eigenvalue weighted by Gasteiger charge is -2.22. The molecule has 6 atom stereocenters. The van der Waals surface area contributed by atoms with Crippen LogP contribution >= 0.6 is 11.6 Å². The number of aryl methyl sites for hydroxylation is 4. The highest BCUT2D eigenvalue weighted by Crippen LogP contribution is 2.44. The Kier molecular flexibility index (Phi) is 38.8. The monoisotopic (exact) mass is 1400 g/mol. The lowest BCUT2D eigenvalue weighted by molar-refractivity contribution is -0.164. The summed E-state index contributed by atoms with van der Waals surface area (Å²) in [6.45, 7) is 54.4. The van der Waals surface area contributed by atoms with Crippen molar-refractivity contribution in [1.82, 2.24) is 0 Å². The van der Waals surface area contributed by atoms with Gasteiger partial charge in [0.1, 0.15) is 64.3 Å². The standard InChI is InChI=1S/C13H22O.C12H17F3O.2C12H20O.C11H15F3O.C10H15ClO.C10H13F3O/c1-6-12(10(4)5)13-7-11(8-14-13)9(2)3;1-7(2)9-5-10(16-6-9)11(8(3)4)12(13,14)15;1-8(2)12(9(3)4)11-6-10(5)7-13-11;1-5-10-7-12(13-8-10)11(6-2)9(3)4;1-4-8-5-9(15-6-8)10(7(2)3)11(12,13)14;1-4-9(7(2)3)10-5-8(11)6-12-10;1-6(2)9(10(11,12)13)8-4-7(3)5-14-8/h7-10,12H,6H2,1-5H3;5-8,11H,1-4H3;6-9,12H,1-5H3;7-9,11H,5-6H2,1-4H3;5-7,10H,4H2,1-3H3;5-7,9H,4H2,1-3H3;4-6,9H,1-3H3/t12-;11-;;11-;10-;2*9-/m00.0000/s1. The van der Waals surface area contributed by atoms with Gasteiger partial charge in [0.15, 0.2) is 0 Å². The van der Waals surface area contributed by atoms with E-state index in [9.17, 15) is 39.5 Å². The molecule has 0 spiro atoms. The molecule has 7 aromatic rings. The van der Waals surface area contributed by atoms with E-state index < -0.39 is 54.0 Å². The van der Waals surface area contributed by atoms with Crippen molar-refractivity contribution in [3.05, 3.63) is 165 Å². The van der Waals surface area contributed by atoms with Gasteiger partial charge in [-0.2, -0.15) is 39.5 Å². The van der Waals surface area contributed by atoms with E-state index in [1.807, 2.05) is 45.6 Å². The molecule has 0 N–H and O–H groups in total. The highest BCUT2D eigenvalue weighted by molar-refractivity contribution is 6.30. The molecule has 0 saturated carbocycles. The number of alkyl halides is 9. The van der Waals surface area contributed by atoms with Crippen LogP contribution in [0.4, 0.5) is 39.5 Å². The van der Waals surface area contributed by atoms with Crippen LogP contribution in [0.5, 0.6) is 0 Å². The topological polar surface area (TPSA) is 92.0 Å². The first kappa shape index (κ1) is 89.6. The van der Waals surface area contributed by atoms with E-state index in [0.29, 0.717) is 70.6 Å². The SMILES string of the molecule is CC(C)c1coc([C@H](C(C)C)C(F)(F)F)c1.CC[C@H](c1cc(C(C)C)co1)C(C)C.CC[C@H](c1cc(Cl)co1)C(C)C.CCc1coc([C@@H](CC)C(C)C)c1.CCc1coc([C@H](C(C)C)C(F)(F)F)c1.Cc1coc(C(C(C)C)C(C)C)c1.Cc1coc([C@H](C(C)C)C(F)(F)F)c1. The smallest absolute Gasteiger partial charge is 0.399 e. The highest BCUT2D eigenvalue weighted by atomic mass is 35.5. The zero-order valence-corrected chi connectivity index (χ0v) is 64.3. The van der Waals surface area contributed by atoms with Gasteiger partial charge >= 0.3 is 18.5 Å². The summed E-state index contributed by atoms with van der Waals surface area (Å²) in [4.78, 5) is 0. The molecule has 0 radical (unpaired) electrons. The molecule has 17 heteroatoms. The fourth-order valence-corrected chi connectivity index (χ4v) is 12.2. The number of halogens is 10. The van der Waals surface area contributed by atoms with Gasteiger partial charge in [0, 0.05) is 23.7 Å². The van der Waals surface area contributed by atoms with Crippen LogP contribution in [0, 0.1) is 61.2 Å². The molecule has 554 valence electrons. The fourth-order valence-electron chi connectivity index (χ4n) is 12.0. The minimum Gasteiger partial charge on any atom is -0.469 e. The van der Waals surface area contributed by atoms with Gasteiger partial charge in [-0.25, -0.2) is 0 Å². The summed E-state index contributed by atoms with van der Waals surface area (Å²) in [5.74, 6) is 4.62. The van der Waals surface area contributed by atoms with Gasteiger partial charge in [-0.05, 0) is 181 Å². The van der Waals surface area contributed by atoms with E-state index in [2.05, 4.69) is 136 Å². The Morgan fingerprint density at radius 1 is 0.309 bits per heavy atom. The fraction of sp³-hybridized carbons (Fsp3) is 0.650. The Hall–Kier alpha value is -5.38. The molecule has 0 saturated heterocycles.